The Bertz CT molecular complexity index is 510. The Kier molecular flexibility index (Phi) is 3.78. The van der Waals surface area contributed by atoms with Crippen LogP contribution in [-0.2, 0) is 6.42 Å². The molecular formula is C12H14BrN3O. The maximum Gasteiger partial charge on any atom is 0.260 e. The summed E-state index contributed by atoms with van der Waals surface area (Å²) >= 11 is 3.40. The fourth-order valence-corrected chi connectivity index (χ4v) is 1.87. The van der Waals surface area contributed by atoms with Gasteiger partial charge in [-0.1, -0.05) is 34.4 Å². The summed E-state index contributed by atoms with van der Waals surface area (Å²) in [6, 6.07) is 5.58. The molecule has 1 heterocycles. The van der Waals surface area contributed by atoms with Gasteiger partial charge < -0.3 is 10.3 Å². The molecule has 2 rings (SSSR count). The van der Waals surface area contributed by atoms with Gasteiger partial charge in [0.05, 0.1) is 5.56 Å². The zero-order valence-corrected chi connectivity index (χ0v) is 11.2. The Labute approximate surface area is 108 Å². The first-order valence-corrected chi connectivity index (χ1v) is 6.38. The minimum Gasteiger partial charge on any atom is -0.398 e. The van der Waals surface area contributed by atoms with E-state index in [9.17, 15) is 0 Å². The molecular weight excluding hydrogens is 282 g/mol. The van der Waals surface area contributed by atoms with Crippen LogP contribution in [0.2, 0.25) is 0 Å². The molecule has 0 amide bonds. The van der Waals surface area contributed by atoms with Gasteiger partial charge in [0.1, 0.15) is 0 Å². The van der Waals surface area contributed by atoms with Crippen molar-refractivity contribution < 1.29 is 4.52 Å². The third-order valence-corrected chi connectivity index (χ3v) is 2.96. The van der Waals surface area contributed by atoms with E-state index in [2.05, 4.69) is 33.0 Å². The van der Waals surface area contributed by atoms with Gasteiger partial charge in [0.15, 0.2) is 5.82 Å². The number of nitrogen functional groups attached to an aromatic ring is 1. The predicted molar refractivity (Wildman–Crippen MR) is 70.5 cm³/mol. The first-order valence-electron chi connectivity index (χ1n) is 5.58. The number of unbranched alkanes of at least 4 members (excludes halogenated alkanes) is 1. The van der Waals surface area contributed by atoms with Crippen molar-refractivity contribution in [2.24, 2.45) is 0 Å². The summed E-state index contributed by atoms with van der Waals surface area (Å²) in [4.78, 5) is 4.34. The lowest BCUT2D eigenvalue weighted by atomic mass is 10.2. The van der Waals surface area contributed by atoms with Gasteiger partial charge in [-0.15, -0.1) is 0 Å². The number of hydrogen-bond acceptors (Lipinski definition) is 4. The van der Waals surface area contributed by atoms with E-state index in [4.69, 9.17) is 10.3 Å². The number of hydrogen-bond donors (Lipinski definition) is 1. The van der Waals surface area contributed by atoms with Gasteiger partial charge in [-0.25, -0.2) is 0 Å². The van der Waals surface area contributed by atoms with Gasteiger partial charge in [-0.3, -0.25) is 0 Å². The highest BCUT2D eigenvalue weighted by Gasteiger charge is 2.11. The average Bonchev–Trinajstić information content (AvgIpc) is 2.78. The van der Waals surface area contributed by atoms with Crippen LogP contribution in [0.25, 0.3) is 11.5 Å². The van der Waals surface area contributed by atoms with E-state index in [1.165, 1.54) is 0 Å². The molecule has 1 aromatic heterocycles. The first-order chi connectivity index (χ1) is 8.20. The number of nitrogens with zero attached hydrogens (tertiary/aromatic N) is 2. The van der Waals surface area contributed by atoms with E-state index >= 15 is 0 Å². The molecule has 4 nitrogen and oxygen atoms in total. The Balaban J connectivity index is 2.27. The third kappa shape index (κ3) is 2.85. The largest absolute Gasteiger partial charge is 0.398 e. The molecule has 0 bridgehead atoms. The van der Waals surface area contributed by atoms with Crippen LogP contribution in [0.5, 0.6) is 0 Å². The first kappa shape index (κ1) is 12.1. The van der Waals surface area contributed by atoms with Crippen molar-refractivity contribution in [3.63, 3.8) is 0 Å². The molecule has 0 atom stereocenters. The van der Waals surface area contributed by atoms with Gasteiger partial charge in [-0.2, -0.15) is 4.98 Å². The smallest absolute Gasteiger partial charge is 0.260 e. The molecule has 90 valence electrons. The second kappa shape index (κ2) is 5.31. The van der Waals surface area contributed by atoms with Gasteiger partial charge in [0, 0.05) is 16.6 Å². The number of rotatable bonds is 4. The molecule has 0 aliphatic heterocycles. The van der Waals surface area contributed by atoms with Crippen LogP contribution in [-0.4, -0.2) is 10.1 Å². The molecule has 17 heavy (non-hydrogen) atoms. The molecule has 0 spiro atoms. The van der Waals surface area contributed by atoms with E-state index in [0.717, 1.165) is 35.1 Å². The lowest BCUT2D eigenvalue weighted by Gasteiger charge is -2.00. The zero-order chi connectivity index (χ0) is 12.3. The summed E-state index contributed by atoms with van der Waals surface area (Å²) in [5.41, 5.74) is 7.29. The number of anilines is 1. The van der Waals surface area contributed by atoms with Crippen LogP contribution >= 0.6 is 15.9 Å². The van der Waals surface area contributed by atoms with Crippen molar-refractivity contribution in [2.75, 3.05) is 5.73 Å². The van der Waals surface area contributed by atoms with Crippen molar-refractivity contribution in [3.05, 3.63) is 28.5 Å². The Morgan fingerprint density at radius 2 is 2.24 bits per heavy atom. The van der Waals surface area contributed by atoms with Crippen LogP contribution < -0.4 is 5.73 Å². The molecule has 0 aliphatic rings. The number of benzene rings is 1. The van der Waals surface area contributed by atoms with Crippen LogP contribution in [0.15, 0.2) is 27.2 Å². The fraction of sp³-hybridized carbons (Fsp3) is 0.333. The predicted octanol–water partition coefficient (Wildman–Crippen LogP) is 3.42. The van der Waals surface area contributed by atoms with Crippen LogP contribution in [0, 0.1) is 0 Å². The molecule has 0 saturated heterocycles. The van der Waals surface area contributed by atoms with E-state index in [-0.39, 0.29) is 0 Å². The molecule has 2 N–H and O–H groups in total. The third-order valence-electron chi connectivity index (χ3n) is 2.47. The molecule has 2 aromatic rings. The van der Waals surface area contributed by atoms with Crippen molar-refractivity contribution in [2.45, 2.75) is 26.2 Å². The van der Waals surface area contributed by atoms with E-state index < -0.39 is 0 Å². The van der Waals surface area contributed by atoms with Crippen LogP contribution in [0.4, 0.5) is 5.69 Å². The normalized spacial score (nSPS) is 10.7. The molecule has 0 unspecified atom stereocenters. The second-order valence-corrected chi connectivity index (χ2v) is 4.77. The SMILES string of the molecule is CCCCc1noc(-c2cc(Br)ccc2N)n1. The van der Waals surface area contributed by atoms with E-state index in [0.29, 0.717) is 11.6 Å². The van der Waals surface area contributed by atoms with Crippen molar-refractivity contribution >= 4 is 21.6 Å². The number of halogens is 1. The summed E-state index contributed by atoms with van der Waals surface area (Å²) in [5, 5.41) is 3.94. The highest BCUT2D eigenvalue weighted by atomic mass is 79.9. The summed E-state index contributed by atoms with van der Waals surface area (Å²) < 4.78 is 6.16. The zero-order valence-electron chi connectivity index (χ0n) is 9.61. The number of aryl methyl sites for hydroxylation is 1. The average molecular weight is 296 g/mol. The minimum atomic E-state index is 0.481. The molecule has 0 aliphatic carbocycles. The fourth-order valence-electron chi connectivity index (χ4n) is 1.51. The summed E-state index contributed by atoms with van der Waals surface area (Å²) in [6.45, 7) is 2.13. The summed E-state index contributed by atoms with van der Waals surface area (Å²) in [6.07, 6.45) is 3.02. The van der Waals surface area contributed by atoms with Gasteiger partial charge in [0.2, 0.25) is 0 Å². The standard InChI is InChI=1S/C12H14BrN3O/c1-2-3-4-11-15-12(17-16-11)9-7-8(13)5-6-10(9)14/h5-7H,2-4,14H2,1H3. The Morgan fingerprint density at radius 3 is 3.00 bits per heavy atom. The number of aromatic nitrogens is 2. The van der Waals surface area contributed by atoms with Crippen molar-refractivity contribution in [1.29, 1.82) is 0 Å². The monoisotopic (exact) mass is 295 g/mol. The lowest BCUT2D eigenvalue weighted by Crippen LogP contribution is -1.91. The lowest BCUT2D eigenvalue weighted by molar-refractivity contribution is 0.421. The van der Waals surface area contributed by atoms with Crippen molar-refractivity contribution in [3.8, 4) is 11.5 Å². The van der Waals surface area contributed by atoms with Gasteiger partial charge in [-0.05, 0) is 24.6 Å². The Morgan fingerprint density at radius 1 is 1.41 bits per heavy atom. The van der Waals surface area contributed by atoms with Gasteiger partial charge in [0.25, 0.3) is 5.89 Å². The Hall–Kier alpha value is -1.36. The number of nitrogens with two attached hydrogens (primary N) is 1. The maximum absolute atomic E-state index is 5.88. The highest BCUT2D eigenvalue weighted by Crippen LogP contribution is 2.27. The quantitative estimate of drug-likeness (QED) is 0.878. The summed E-state index contributed by atoms with van der Waals surface area (Å²) in [7, 11) is 0. The molecule has 1 aromatic carbocycles. The molecule has 0 fully saturated rings. The molecule has 5 heteroatoms. The van der Waals surface area contributed by atoms with Crippen LogP contribution in [0.3, 0.4) is 0 Å². The topological polar surface area (TPSA) is 64.9 Å². The molecule has 0 saturated carbocycles. The van der Waals surface area contributed by atoms with Gasteiger partial charge >= 0.3 is 0 Å². The second-order valence-electron chi connectivity index (χ2n) is 3.85. The van der Waals surface area contributed by atoms with Crippen molar-refractivity contribution in [1.82, 2.24) is 10.1 Å². The highest BCUT2D eigenvalue weighted by molar-refractivity contribution is 9.10. The molecule has 0 radical (unpaired) electrons. The summed E-state index contributed by atoms with van der Waals surface area (Å²) in [5.74, 6) is 1.22. The van der Waals surface area contributed by atoms with E-state index in [1.807, 2.05) is 18.2 Å². The minimum absolute atomic E-state index is 0.481. The van der Waals surface area contributed by atoms with Crippen LogP contribution in [0.1, 0.15) is 25.6 Å². The maximum atomic E-state index is 5.88. The van der Waals surface area contributed by atoms with E-state index in [1.54, 1.807) is 0 Å².